The minimum Gasteiger partial charge on any atom is -0.351 e. The van der Waals surface area contributed by atoms with Crippen LogP contribution in [-0.4, -0.2) is 17.4 Å². The van der Waals surface area contributed by atoms with Crippen molar-refractivity contribution >= 4 is 17.5 Å². The highest BCUT2D eigenvalue weighted by molar-refractivity contribution is 6.33. The van der Waals surface area contributed by atoms with E-state index in [0.29, 0.717) is 21.7 Å². The fourth-order valence-electron chi connectivity index (χ4n) is 5.68. The highest BCUT2D eigenvalue weighted by atomic mass is 35.5. The van der Waals surface area contributed by atoms with Crippen LogP contribution in [0.1, 0.15) is 61.5 Å². The molecule has 0 spiro atoms. The lowest BCUT2D eigenvalue weighted by Crippen LogP contribution is -2.51. The molecule has 5 rings (SSSR count). The van der Waals surface area contributed by atoms with Crippen LogP contribution in [0, 0.1) is 35.0 Å². The normalized spacial score (nSPS) is 33.0. The van der Waals surface area contributed by atoms with Crippen molar-refractivity contribution < 1.29 is 4.79 Å². The van der Waals surface area contributed by atoms with E-state index in [-0.39, 0.29) is 5.91 Å². The summed E-state index contributed by atoms with van der Waals surface area (Å²) >= 11 is 6.17. The van der Waals surface area contributed by atoms with Gasteiger partial charge in [-0.2, -0.15) is 0 Å². The number of pyridine rings is 1. The summed E-state index contributed by atoms with van der Waals surface area (Å²) in [6, 6.07) is 1.69. The molecule has 4 fully saturated rings. The standard InChI is InChI=1S/C20H23ClN2O/c1-2-3-16-7-17(18(21)11-22-16)19(24)23-12-20-8-13-4-14(9-20)6-15(5-13)10-20/h7,11,13-15H,4-6,8-10,12H2,1H3,(H,23,24). The molecule has 1 heterocycles. The minimum atomic E-state index is -0.0997. The Morgan fingerprint density at radius 1 is 1.29 bits per heavy atom. The Labute approximate surface area is 148 Å². The molecule has 4 saturated carbocycles. The third kappa shape index (κ3) is 2.93. The summed E-state index contributed by atoms with van der Waals surface area (Å²) in [6.07, 6.45) is 9.63. The van der Waals surface area contributed by atoms with Gasteiger partial charge in [-0.3, -0.25) is 4.79 Å². The number of carbonyl (C=O) groups is 1. The van der Waals surface area contributed by atoms with Crippen molar-refractivity contribution in [3.8, 4) is 11.8 Å². The van der Waals surface area contributed by atoms with E-state index in [4.69, 9.17) is 11.6 Å². The molecule has 0 unspecified atom stereocenters. The lowest BCUT2D eigenvalue weighted by molar-refractivity contribution is -0.0503. The summed E-state index contributed by atoms with van der Waals surface area (Å²) in [5.74, 6) is 8.26. The van der Waals surface area contributed by atoms with Gasteiger partial charge in [0.05, 0.1) is 10.6 Å². The Kier molecular flexibility index (Phi) is 4.04. The van der Waals surface area contributed by atoms with E-state index < -0.39 is 0 Å². The molecule has 4 heteroatoms. The SMILES string of the molecule is CC#Cc1cc(C(=O)NCC23CC4CC(CC(C4)C2)C3)c(Cl)cn1. The summed E-state index contributed by atoms with van der Waals surface area (Å²) in [5, 5.41) is 3.56. The van der Waals surface area contributed by atoms with Crippen molar-refractivity contribution in [2.24, 2.45) is 23.2 Å². The van der Waals surface area contributed by atoms with Crippen LogP contribution in [0.2, 0.25) is 5.02 Å². The third-order valence-electron chi connectivity index (χ3n) is 6.14. The monoisotopic (exact) mass is 342 g/mol. The van der Waals surface area contributed by atoms with Gasteiger partial charge in [-0.25, -0.2) is 4.98 Å². The van der Waals surface area contributed by atoms with E-state index in [1.807, 2.05) is 0 Å². The maximum Gasteiger partial charge on any atom is 0.252 e. The van der Waals surface area contributed by atoms with Crippen molar-refractivity contribution in [1.82, 2.24) is 10.3 Å². The molecule has 0 aromatic carbocycles. The van der Waals surface area contributed by atoms with Crippen molar-refractivity contribution in [3.63, 3.8) is 0 Å². The van der Waals surface area contributed by atoms with Crippen molar-refractivity contribution in [1.29, 1.82) is 0 Å². The number of rotatable bonds is 3. The molecule has 24 heavy (non-hydrogen) atoms. The molecule has 0 atom stereocenters. The molecule has 4 aliphatic rings. The lowest BCUT2D eigenvalue weighted by atomic mass is 9.49. The molecule has 1 aromatic heterocycles. The quantitative estimate of drug-likeness (QED) is 0.842. The molecule has 1 N–H and O–H groups in total. The Hall–Kier alpha value is -1.53. The summed E-state index contributed by atoms with van der Waals surface area (Å²) in [4.78, 5) is 16.8. The van der Waals surface area contributed by atoms with E-state index in [2.05, 4.69) is 22.1 Å². The van der Waals surface area contributed by atoms with Gasteiger partial charge >= 0.3 is 0 Å². The van der Waals surface area contributed by atoms with Gasteiger partial charge in [0.25, 0.3) is 5.91 Å². The van der Waals surface area contributed by atoms with Crippen molar-refractivity contribution in [3.05, 3.63) is 28.5 Å². The predicted molar refractivity (Wildman–Crippen MR) is 94.7 cm³/mol. The average molecular weight is 343 g/mol. The van der Waals surface area contributed by atoms with Crippen LogP contribution < -0.4 is 5.32 Å². The topological polar surface area (TPSA) is 42.0 Å². The largest absolute Gasteiger partial charge is 0.351 e. The van der Waals surface area contributed by atoms with E-state index in [1.54, 1.807) is 13.0 Å². The minimum absolute atomic E-state index is 0.0997. The van der Waals surface area contributed by atoms with Gasteiger partial charge in [-0.15, -0.1) is 0 Å². The zero-order valence-electron chi connectivity index (χ0n) is 14.1. The van der Waals surface area contributed by atoms with Gasteiger partial charge in [0, 0.05) is 12.7 Å². The second kappa shape index (κ2) is 6.08. The molecule has 4 aliphatic carbocycles. The number of carbonyl (C=O) groups excluding carboxylic acids is 1. The first-order chi connectivity index (χ1) is 11.6. The second-order valence-electron chi connectivity index (χ2n) is 8.02. The fourth-order valence-corrected chi connectivity index (χ4v) is 5.87. The van der Waals surface area contributed by atoms with Gasteiger partial charge in [0.15, 0.2) is 0 Å². The summed E-state index contributed by atoms with van der Waals surface area (Å²) < 4.78 is 0. The fraction of sp³-hybridized carbons (Fsp3) is 0.600. The van der Waals surface area contributed by atoms with Crippen molar-refractivity contribution in [2.45, 2.75) is 45.4 Å². The number of hydrogen-bond donors (Lipinski definition) is 1. The smallest absolute Gasteiger partial charge is 0.252 e. The Morgan fingerprint density at radius 2 is 1.92 bits per heavy atom. The van der Waals surface area contributed by atoms with Crippen LogP contribution in [-0.2, 0) is 0 Å². The first-order valence-electron chi connectivity index (χ1n) is 8.93. The number of nitrogens with one attached hydrogen (secondary N) is 1. The highest BCUT2D eigenvalue weighted by Crippen LogP contribution is 2.59. The number of hydrogen-bond acceptors (Lipinski definition) is 2. The van der Waals surface area contributed by atoms with Crippen LogP contribution in [0.5, 0.6) is 0 Å². The molecule has 4 bridgehead atoms. The van der Waals surface area contributed by atoms with Crippen LogP contribution in [0.4, 0.5) is 0 Å². The first-order valence-corrected chi connectivity index (χ1v) is 9.31. The van der Waals surface area contributed by atoms with Crippen molar-refractivity contribution in [2.75, 3.05) is 6.54 Å². The van der Waals surface area contributed by atoms with Crippen LogP contribution in [0.25, 0.3) is 0 Å². The third-order valence-corrected chi connectivity index (χ3v) is 6.44. The maximum absolute atomic E-state index is 12.6. The second-order valence-corrected chi connectivity index (χ2v) is 8.43. The summed E-state index contributed by atoms with van der Waals surface area (Å²) in [6.45, 7) is 2.53. The molecule has 1 amide bonds. The zero-order valence-corrected chi connectivity index (χ0v) is 14.8. The van der Waals surface area contributed by atoms with E-state index >= 15 is 0 Å². The molecule has 1 aromatic rings. The van der Waals surface area contributed by atoms with Crippen LogP contribution >= 0.6 is 11.6 Å². The summed E-state index contributed by atoms with van der Waals surface area (Å²) in [5.41, 5.74) is 1.40. The first kappa shape index (κ1) is 16.0. The molecular weight excluding hydrogens is 320 g/mol. The van der Waals surface area contributed by atoms with E-state index in [9.17, 15) is 4.79 Å². The Bertz CT molecular complexity index is 696. The predicted octanol–water partition coefficient (Wildman–Crippen LogP) is 4.05. The Morgan fingerprint density at radius 3 is 2.50 bits per heavy atom. The molecule has 126 valence electrons. The van der Waals surface area contributed by atoms with Crippen LogP contribution in [0.3, 0.4) is 0 Å². The highest BCUT2D eigenvalue weighted by Gasteiger charge is 2.50. The van der Waals surface area contributed by atoms with E-state index in [1.165, 1.54) is 44.7 Å². The van der Waals surface area contributed by atoms with Gasteiger partial charge < -0.3 is 5.32 Å². The van der Waals surface area contributed by atoms with Crippen LogP contribution in [0.15, 0.2) is 12.3 Å². The molecule has 3 nitrogen and oxygen atoms in total. The lowest BCUT2D eigenvalue weighted by Gasteiger charge is -2.56. The molecule has 0 aliphatic heterocycles. The molecular formula is C20H23ClN2O. The maximum atomic E-state index is 12.6. The number of halogens is 1. The molecule has 0 radical (unpaired) electrons. The number of aromatic nitrogens is 1. The van der Waals surface area contributed by atoms with Gasteiger partial charge in [-0.05, 0) is 80.6 Å². The average Bonchev–Trinajstić information content (AvgIpc) is 2.53. The molecule has 0 saturated heterocycles. The Balaban J connectivity index is 1.47. The van der Waals surface area contributed by atoms with Gasteiger partial charge in [-0.1, -0.05) is 17.5 Å². The summed E-state index contributed by atoms with van der Waals surface area (Å²) in [7, 11) is 0. The van der Waals surface area contributed by atoms with E-state index in [0.717, 1.165) is 24.3 Å². The number of nitrogens with zero attached hydrogens (tertiary/aromatic N) is 1. The van der Waals surface area contributed by atoms with Gasteiger partial charge in [0.1, 0.15) is 5.69 Å². The zero-order chi connectivity index (χ0) is 16.7. The van der Waals surface area contributed by atoms with Gasteiger partial charge in [0.2, 0.25) is 0 Å². The number of amides is 1.